The van der Waals surface area contributed by atoms with Crippen molar-refractivity contribution in [3.63, 3.8) is 0 Å². The van der Waals surface area contributed by atoms with Gasteiger partial charge in [0.1, 0.15) is 0 Å². The van der Waals surface area contributed by atoms with Crippen LogP contribution in [0.1, 0.15) is 30.5 Å². The van der Waals surface area contributed by atoms with Crippen LogP contribution in [0.25, 0.3) is 0 Å². The molecule has 0 atom stereocenters. The van der Waals surface area contributed by atoms with Crippen LogP contribution in [-0.4, -0.2) is 92.3 Å². The Balaban J connectivity index is -0.00000000821. The van der Waals surface area contributed by atoms with Gasteiger partial charge in [0.05, 0.1) is 0 Å². The van der Waals surface area contributed by atoms with Crippen molar-refractivity contribution in [2.45, 2.75) is 27.7 Å². The fraction of sp³-hybridized carbons (Fsp3) is 1.00. The fourth-order valence-corrected chi connectivity index (χ4v) is 0. The van der Waals surface area contributed by atoms with Gasteiger partial charge >= 0.3 is 45.5 Å². The van der Waals surface area contributed by atoms with E-state index in [-0.39, 0.29) is 96.5 Å². The van der Waals surface area contributed by atoms with Crippen molar-refractivity contribution in [3.05, 3.63) is 0 Å². The van der Waals surface area contributed by atoms with Crippen LogP contribution in [0, 0.1) is 0 Å². The van der Waals surface area contributed by atoms with Crippen LogP contribution < -0.4 is 0 Å². The second-order valence-corrected chi connectivity index (χ2v) is 1.26. The summed E-state index contributed by atoms with van der Waals surface area (Å²) in [5, 5.41) is 30.3. The van der Waals surface area contributed by atoms with Gasteiger partial charge in [-0.15, -0.1) is 0 Å². The molecule has 0 aromatic carbocycles. The second-order valence-electron chi connectivity index (χ2n) is 1.26. The van der Waals surface area contributed by atoms with Crippen LogP contribution in [0.2, 0.25) is 0 Å². The number of hydrogen-bond donors (Lipinski definition) is 4. The number of aliphatic hydroxyl groups excluding tert-OH is 4. The zero-order chi connectivity index (χ0) is 10.8. The van der Waals surface area contributed by atoms with Gasteiger partial charge in [0.15, 0.2) is 0 Å². The molecule has 0 amide bonds. The minimum Gasteiger partial charge on any atom is -1.00 e. The fourth-order valence-electron chi connectivity index (χ4n) is 0. The van der Waals surface area contributed by atoms with Gasteiger partial charge < -0.3 is 23.3 Å². The molecule has 14 heavy (non-hydrogen) atoms. The molecule has 0 rings (SSSR count). The molecule has 0 saturated heterocycles. The predicted octanol–water partition coefficient (Wildman–Crippen LogP) is -0.164. The monoisotopic (exact) mass is 322 g/mol. The van der Waals surface area contributed by atoms with E-state index in [4.69, 9.17) is 20.4 Å². The first-order chi connectivity index (χ1) is 5.66. The molecule has 0 fully saturated rings. The van der Waals surface area contributed by atoms with Crippen molar-refractivity contribution in [2.75, 3.05) is 26.4 Å². The van der Waals surface area contributed by atoms with Gasteiger partial charge in [-0.3, -0.25) is 0 Å². The van der Waals surface area contributed by atoms with Crippen molar-refractivity contribution in [1.29, 1.82) is 0 Å². The van der Waals surface area contributed by atoms with E-state index in [1.807, 2.05) is 0 Å². The molecule has 0 aliphatic heterocycles. The maximum atomic E-state index is 7.57. The van der Waals surface area contributed by atoms with E-state index in [9.17, 15) is 0 Å². The summed E-state index contributed by atoms with van der Waals surface area (Å²) >= 11 is 0. The Bertz CT molecular complexity index is 38.0. The molecule has 88 valence electrons. The van der Waals surface area contributed by atoms with E-state index in [1.165, 1.54) is 0 Å². The standard InChI is InChI=1S/4C2H6O.Sr.Ti.2H/c4*1-2-3;;;;/h4*3H,2H2,1H3;;;;/q;;;;+2;;2*-1. The average Bonchev–Trinajstić information content (AvgIpc) is 1.92. The van der Waals surface area contributed by atoms with Crippen molar-refractivity contribution < 1.29 is 45.0 Å². The van der Waals surface area contributed by atoms with Gasteiger partial charge in [-0.1, -0.05) is 0 Å². The molecular weight excluding hydrogens is 296 g/mol. The minimum atomic E-state index is 0. The molecule has 0 spiro atoms. The van der Waals surface area contributed by atoms with Crippen molar-refractivity contribution in [1.82, 2.24) is 0 Å². The maximum absolute atomic E-state index is 7.57. The zero-order valence-corrected chi connectivity index (χ0v) is 14.9. The third-order valence-corrected chi connectivity index (χ3v) is 0. The van der Waals surface area contributed by atoms with Crippen LogP contribution >= 0.6 is 0 Å². The third-order valence-electron chi connectivity index (χ3n) is 0. The van der Waals surface area contributed by atoms with Crippen LogP contribution in [0.15, 0.2) is 0 Å². The van der Waals surface area contributed by atoms with E-state index in [2.05, 4.69) is 0 Å². The normalized spacial score (nSPS) is 5.14. The molecule has 4 N–H and O–H groups in total. The Hall–Kier alpha value is 2.03. The molecule has 4 nitrogen and oxygen atoms in total. The molecule has 0 aromatic heterocycles. The maximum Gasteiger partial charge on any atom is 2.00 e. The molecular formula is C8H26O4SrTi. The first-order valence-electron chi connectivity index (χ1n) is 4.09. The van der Waals surface area contributed by atoms with E-state index in [1.54, 1.807) is 27.7 Å². The Morgan fingerprint density at radius 2 is 0.643 bits per heavy atom. The van der Waals surface area contributed by atoms with Gasteiger partial charge in [-0.05, 0) is 27.7 Å². The molecule has 0 saturated carbocycles. The van der Waals surface area contributed by atoms with Crippen LogP contribution in [-0.2, 0) is 21.7 Å². The Morgan fingerprint density at radius 3 is 0.643 bits per heavy atom. The summed E-state index contributed by atoms with van der Waals surface area (Å²) in [5.41, 5.74) is 0. The summed E-state index contributed by atoms with van der Waals surface area (Å²) in [4.78, 5) is 0. The predicted molar refractivity (Wildman–Crippen MR) is 59.0 cm³/mol. The molecule has 0 aliphatic carbocycles. The van der Waals surface area contributed by atoms with Gasteiger partial charge in [0, 0.05) is 48.1 Å². The smallest absolute Gasteiger partial charge is 1.00 e. The molecule has 0 bridgehead atoms. The zero-order valence-electron chi connectivity index (χ0n) is 11.8. The van der Waals surface area contributed by atoms with Crippen LogP contribution in [0.5, 0.6) is 0 Å². The first kappa shape index (κ1) is 36.0. The topological polar surface area (TPSA) is 80.9 Å². The number of aliphatic hydroxyl groups is 4. The summed E-state index contributed by atoms with van der Waals surface area (Å²) in [7, 11) is 0. The largest absolute Gasteiger partial charge is 2.00 e. The molecule has 0 radical (unpaired) electrons. The minimum absolute atomic E-state index is 0. The van der Waals surface area contributed by atoms with Crippen LogP contribution in [0.4, 0.5) is 0 Å². The van der Waals surface area contributed by atoms with Gasteiger partial charge in [0.25, 0.3) is 0 Å². The third kappa shape index (κ3) is 576. The van der Waals surface area contributed by atoms with Gasteiger partial charge in [0.2, 0.25) is 0 Å². The van der Waals surface area contributed by atoms with Crippen LogP contribution in [0.3, 0.4) is 0 Å². The number of hydrogen-bond acceptors (Lipinski definition) is 4. The molecule has 0 aromatic rings. The molecule has 0 aliphatic rings. The quantitative estimate of drug-likeness (QED) is 0.467. The summed E-state index contributed by atoms with van der Waals surface area (Å²) in [6.07, 6.45) is 0. The first-order valence-corrected chi connectivity index (χ1v) is 4.09. The van der Waals surface area contributed by atoms with Gasteiger partial charge in [-0.2, -0.15) is 0 Å². The van der Waals surface area contributed by atoms with E-state index in [0.717, 1.165) is 0 Å². The summed E-state index contributed by atoms with van der Waals surface area (Å²) < 4.78 is 0. The summed E-state index contributed by atoms with van der Waals surface area (Å²) in [6, 6.07) is 0. The van der Waals surface area contributed by atoms with Crippen molar-refractivity contribution in [2.24, 2.45) is 0 Å². The molecule has 0 unspecified atom stereocenters. The second kappa shape index (κ2) is 81.3. The average molecular weight is 322 g/mol. The molecule has 6 heteroatoms. The van der Waals surface area contributed by atoms with E-state index in [0.29, 0.717) is 0 Å². The van der Waals surface area contributed by atoms with Gasteiger partial charge in [-0.25, -0.2) is 0 Å². The SMILES string of the molecule is CCO.CCO.CCO.CCO.[H-].[H-].[Sr+2].[Ti]. The number of rotatable bonds is 0. The Morgan fingerprint density at radius 1 is 0.643 bits per heavy atom. The Labute approximate surface area is 143 Å². The summed E-state index contributed by atoms with van der Waals surface area (Å²) in [5.74, 6) is 0. The Kier molecular flexibility index (Phi) is 209. The van der Waals surface area contributed by atoms with E-state index >= 15 is 0 Å². The van der Waals surface area contributed by atoms with Crippen molar-refractivity contribution >= 4 is 45.5 Å². The van der Waals surface area contributed by atoms with E-state index < -0.39 is 0 Å². The summed E-state index contributed by atoms with van der Waals surface area (Å²) in [6.45, 7) is 7.72. The molecule has 0 heterocycles. The van der Waals surface area contributed by atoms with Crippen molar-refractivity contribution in [3.8, 4) is 0 Å².